The molecule has 80 valence electrons. The van der Waals surface area contributed by atoms with E-state index in [1.807, 2.05) is 32.1 Å². The molecule has 0 amide bonds. The molecule has 0 saturated heterocycles. The Bertz CT molecular complexity index is 345. The maximum absolute atomic E-state index is 9.10. The third-order valence-electron chi connectivity index (χ3n) is 2.37. The molecule has 0 spiro atoms. The molecular formula is C12H17BO2. The largest absolute Gasteiger partial charge is 0.489 e. The summed E-state index contributed by atoms with van der Waals surface area (Å²) in [6, 6.07) is 5.65. The molecule has 2 rings (SSSR count). The molecule has 0 unspecified atom stereocenters. The van der Waals surface area contributed by atoms with Crippen molar-refractivity contribution < 1.29 is 10.0 Å². The summed E-state index contributed by atoms with van der Waals surface area (Å²) in [6.45, 7) is 4.00. The summed E-state index contributed by atoms with van der Waals surface area (Å²) in [4.78, 5) is 0. The summed E-state index contributed by atoms with van der Waals surface area (Å²) in [7, 11) is -1.36. The average Bonchev–Trinajstić information content (AvgIpc) is 2.31. The van der Waals surface area contributed by atoms with E-state index in [1.165, 1.54) is 5.56 Å². The van der Waals surface area contributed by atoms with E-state index in [-0.39, 0.29) is 0 Å². The van der Waals surface area contributed by atoms with Gasteiger partial charge in [-0.2, -0.15) is 0 Å². The summed E-state index contributed by atoms with van der Waals surface area (Å²) in [5.74, 6) is 0. The van der Waals surface area contributed by atoms with Gasteiger partial charge in [0.05, 0.1) is 0 Å². The second kappa shape index (κ2) is 5.74. The molecule has 1 aromatic carbocycles. The molecule has 1 aromatic rings. The fraction of sp³-hybridized carbons (Fsp3) is 0.333. The Morgan fingerprint density at radius 3 is 2.60 bits per heavy atom. The minimum absolute atomic E-state index is 0.605. The molecule has 0 atom stereocenters. The molecule has 0 aliphatic heterocycles. The molecule has 0 fully saturated rings. The number of benzene rings is 1. The highest BCUT2D eigenvalue weighted by Gasteiger charge is 2.17. The molecule has 0 heterocycles. The number of hydrogen-bond donors (Lipinski definition) is 2. The zero-order valence-corrected chi connectivity index (χ0v) is 9.27. The highest BCUT2D eigenvalue weighted by molar-refractivity contribution is 6.59. The van der Waals surface area contributed by atoms with Crippen LogP contribution in [0.3, 0.4) is 0 Å². The van der Waals surface area contributed by atoms with Gasteiger partial charge in [-0.05, 0) is 29.4 Å². The van der Waals surface area contributed by atoms with Crippen LogP contribution in [0.5, 0.6) is 0 Å². The molecule has 1 aliphatic rings. The zero-order valence-electron chi connectivity index (χ0n) is 9.27. The Labute approximate surface area is 91.4 Å². The number of fused-ring (bicyclic) bond motifs is 1. The third kappa shape index (κ3) is 2.70. The van der Waals surface area contributed by atoms with Crippen LogP contribution in [-0.2, 0) is 6.42 Å². The first kappa shape index (κ1) is 12.0. The molecule has 15 heavy (non-hydrogen) atoms. The van der Waals surface area contributed by atoms with Crippen LogP contribution in [0, 0.1) is 0 Å². The lowest BCUT2D eigenvalue weighted by Gasteiger charge is -2.13. The Morgan fingerprint density at radius 2 is 1.93 bits per heavy atom. The first-order valence-corrected chi connectivity index (χ1v) is 5.43. The SMILES string of the molecule is CC.OB(O)c1cccc2c1C=CCC2. The summed E-state index contributed by atoms with van der Waals surface area (Å²) >= 11 is 0. The minimum atomic E-state index is -1.36. The third-order valence-corrected chi connectivity index (χ3v) is 2.37. The molecule has 0 radical (unpaired) electrons. The van der Waals surface area contributed by atoms with Gasteiger partial charge in [0.2, 0.25) is 0 Å². The van der Waals surface area contributed by atoms with Crippen molar-refractivity contribution in [3.8, 4) is 0 Å². The van der Waals surface area contributed by atoms with E-state index in [9.17, 15) is 0 Å². The van der Waals surface area contributed by atoms with Crippen molar-refractivity contribution in [2.24, 2.45) is 0 Å². The van der Waals surface area contributed by atoms with Gasteiger partial charge < -0.3 is 10.0 Å². The Hall–Kier alpha value is -1.06. The number of aryl methyl sites for hydroxylation is 1. The van der Waals surface area contributed by atoms with Gasteiger partial charge in [-0.3, -0.25) is 0 Å². The predicted octanol–water partition coefficient (Wildman–Crippen LogP) is 1.35. The molecule has 3 heteroatoms. The van der Waals surface area contributed by atoms with Crippen LogP contribution in [-0.4, -0.2) is 17.2 Å². The molecule has 0 bridgehead atoms. The van der Waals surface area contributed by atoms with E-state index in [4.69, 9.17) is 10.0 Å². The van der Waals surface area contributed by atoms with Gasteiger partial charge in [0.1, 0.15) is 0 Å². The predicted molar refractivity (Wildman–Crippen MR) is 65.0 cm³/mol. The first-order chi connectivity index (χ1) is 7.29. The smallest absolute Gasteiger partial charge is 0.423 e. The average molecular weight is 204 g/mol. The molecule has 2 N–H and O–H groups in total. The lowest BCUT2D eigenvalue weighted by atomic mass is 9.74. The fourth-order valence-electron chi connectivity index (χ4n) is 1.72. The topological polar surface area (TPSA) is 40.5 Å². The Kier molecular flexibility index (Phi) is 4.59. The van der Waals surface area contributed by atoms with Crippen molar-refractivity contribution in [2.45, 2.75) is 26.7 Å². The van der Waals surface area contributed by atoms with Crippen molar-refractivity contribution >= 4 is 18.7 Å². The van der Waals surface area contributed by atoms with E-state index in [0.29, 0.717) is 5.46 Å². The maximum Gasteiger partial charge on any atom is 0.489 e. The highest BCUT2D eigenvalue weighted by atomic mass is 16.4. The maximum atomic E-state index is 9.10. The first-order valence-electron chi connectivity index (χ1n) is 5.43. The molecule has 0 aromatic heterocycles. The second-order valence-electron chi connectivity index (χ2n) is 3.23. The van der Waals surface area contributed by atoms with Gasteiger partial charge in [0.25, 0.3) is 0 Å². The fourth-order valence-corrected chi connectivity index (χ4v) is 1.72. The summed E-state index contributed by atoms with van der Waals surface area (Å²) in [5.41, 5.74) is 2.78. The normalized spacial score (nSPS) is 12.5. The highest BCUT2D eigenvalue weighted by Crippen LogP contribution is 2.16. The van der Waals surface area contributed by atoms with Gasteiger partial charge in [-0.15, -0.1) is 0 Å². The Morgan fingerprint density at radius 1 is 1.20 bits per heavy atom. The van der Waals surface area contributed by atoms with Crippen molar-refractivity contribution in [2.75, 3.05) is 0 Å². The van der Waals surface area contributed by atoms with Crippen LogP contribution >= 0.6 is 0 Å². The van der Waals surface area contributed by atoms with Gasteiger partial charge in [0, 0.05) is 0 Å². The van der Waals surface area contributed by atoms with Crippen molar-refractivity contribution in [3.63, 3.8) is 0 Å². The monoisotopic (exact) mass is 204 g/mol. The van der Waals surface area contributed by atoms with Gasteiger partial charge in [0.15, 0.2) is 0 Å². The van der Waals surface area contributed by atoms with Crippen LogP contribution < -0.4 is 5.46 Å². The summed E-state index contributed by atoms with van der Waals surface area (Å²) < 4.78 is 0. The van der Waals surface area contributed by atoms with E-state index in [0.717, 1.165) is 18.4 Å². The van der Waals surface area contributed by atoms with Gasteiger partial charge >= 0.3 is 7.12 Å². The van der Waals surface area contributed by atoms with E-state index >= 15 is 0 Å². The van der Waals surface area contributed by atoms with Crippen molar-refractivity contribution in [1.29, 1.82) is 0 Å². The standard InChI is InChI=1S/C10H11BO2.C2H6/c12-11(13)10-7-3-5-8-4-1-2-6-9(8)10;1-2/h2-3,5-7,12-13H,1,4H2;1-2H3. The van der Waals surface area contributed by atoms with Gasteiger partial charge in [-0.1, -0.05) is 44.2 Å². The number of hydrogen-bond acceptors (Lipinski definition) is 2. The minimum Gasteiger partial charge on any atom is -0.423 e. The van der Waals surface area contributed by atoms with Crippen LogP contribution in [0.25, 0.3) is 6.08 Å². The molecule has 1 aliphatic carbocycles. The number of rotatable bonds is 1. The summed E-state index contributed by atoms with van der Waals surface area (Å²) in [5, 5.41) is 18.2. The van der Waals surface area contributed by atoms with Crippen LogP contribution in [0.2, 0.25) is 0 Å². The second-order valence-corrected chi connectivity index (χ2v) is 3.23. The number of allylic oxidation sites excluding steroid dienone is 1. The van der Waals surface area contributed by atoms with Crippen LogP contribution in [0.1, 0.15) is 31.4 Å². The van der Waals surface area contributed by atoms with Crippen molar-refractivity contribution in [1.82, 2.24) is 0 Å². The zero-order chi connectivity index (χ0) is 11.3. The Balaban J connectivity index is 0.000000531. The lowest BCUT2D eigenvalue weighted by Crippen LogP contribution is -2.33. The van der Waals surface area contributed by atoms with Crippen LogP contribution in [0.4, 0.5) is 0 Å². The van der Waals surface area contributed by atoms with Crippen molar-refractivity contribution in [3.05, 3.63) is 35.4 Å². The van der Waals surface area contributed by atoms with E-state index in [1.54, 1.807) is 6.07 Å². The van der Waals surface area contributed by atoms with E-state index in [2.05, 4.69) is 6.08 Å². The van der Waals surface area contributed by atoms with Gasteiger partial charge in [-0.25, -0.2) is 0 Å². The van der Waals surface area contributed by atoms with E-state index < -0.39 is 7.12 Å². The van der Waals surface area contributed by atoms with Crippen LogP contribution in [0.15, 0.2) is 24.3 Å². The molecule has 2 nitrogen and oxygen atoms in total. The molecular weight excluding hydrogens is 187 g/mol. The summed E-state index contributed by atoms with van der Waals surface area (Å²) in [6.07, 6.45) is 6.06. The lowest BCUT2D eigenvalue weighted by molar-refractivity contribution is 0.425. The quantitative estimate of drug-likeness (QED) is 0.678. The molecule has 0 saturated carbocycles.